The second-order valence-corrected chi connectivity index (χ2v) is 11.1. The molecular formula is C24H42N4O2. The Morgan fingerprint density at radius 3 is 1.93 bits per heavy atom. The zero-order valence-electron chi connectivity index (χ0n) is 19.5. The molecule has 0 aromatic rings. The molecule has 4 aliphatic rings. The summed E-state index contributed by atoms with van der Waals surface area (Å²) in [5.74, 6) is 0.592. The molecule has 4 heterocycles. The number of nitrogens with one attached hydrogen (secondary N) is 2. The van der Waals surface area contributed by atoms with E-state index < -0.39 is 0 Å². The van der Waals surface area contributed by atoms with E-state index in [-0.39, 0.29) is 16.7 Å². The van der Waals surface area contributed by atoms with E-state index in [1.54, 1.807) is 0 Å². The Balaban J connectivity index is 1.23. The van der Waals surface area contributed by atoms with E-state index in [0.29, 0.717) is 30.1 Å². The molecule has 2 spiro atoms. The molecule has 4 saturated heterocycles. The van der Waals surface area contributed by atoms with Crippen molar-refractivity contribution in [1.82, 2.24) is 20.4 Å². The summed E-state index contributed by atoms with van der Waals surface area (Å²) in [7, 11) is 0. The molecule has 0 radical (unpaired) electrons. The normalized spacial score (nSPS) is 32.7. The smallest absolute Gasteiger partial charge is 0.226 e. The van der Waals surface area contributed by atoms with Crippen LogP contribution in [0.15, 0.2) is 0 Å². The lowest BCUT2D eigenvalue weighted by molar-refractivity contribution is -0.131. The third kappa shape index (κ3) is 4.14. The van der Waals surface area contributed by atoms with E-state index in [2.05, 4.69) is 48.1 Å². The topological polar surface area (TPSA) is 64.7 Å². The summed E-state index contributed by atoms with van der Waals surface area (Å²) < 4.78 is 0. The molecule has 4 fully saturated rings. The predicted octanol–water partition coefficient (Wildman–Crippen LogP) is 2.52. The van der Waals surface area contributed by atoms with Gasteiger partial charge in [0.25, 0.3) is 0 Å². The number of likely N-dealkylation sites (tertiary alicyclic amines) is 2. The minimum Gasteiger partial charge on any atom is -0.353 e. The van der Waals surface area contributed by atoms with Crippen LogP contribution in [0.5, 0.6) is 0 Å². The maximum Gasteiger partial charge on any atom is 0.226 e. The number of amides is 2. The molecule has 4 aliphatic heterocycles. The molecule has 30 heavy (non-hydrogen) atoms. The van der Waals surface area contributed by atoms with Crippen LogP contribution in [0.2, 0.25) is 0 Å². The van der Waals surface area contributed by atoms with Crippen LogP contribution in [-0.2, 0) is 9.59 Å². The SMILES string of the molecule is CC(C)N1CCC2(CC1)C[C@H](CCC(C)N1CCC3(CC1)C[C@@H](C)NC3=O)NC2=O. The summed E-state index contributed by atoms with van der Waals surface area (Å²) in [5, 5.41) is 6.46. The molecule has 0 saturated carbocycles. The molecule has 6 heteroatoms. The van der Waals surface area contributed by atoms with Crippen molar-refractivity contribution in [3.05, 3.63) is 0 Å². The third-order valence-corrected chi connectivity index (χ3v) is 8.81. The van der Waals surface area contributed by atoms with Gasteiger partial charge in [-0.3, -0.25) is 9.59 Å². The molecule has 0 aliphatic carbocycles. The van der Waals surface area contributed by atoms with Gasteiger partial charge in [0.1, 0.15) is 0 Å². The molecule has 2 amide bonds. The maximum atomic E-state index is 12.8. The molecule has 3 atom stereocenters. The Kier molecular flexibility index (Phi) is 6.19. The van der Waals surface area contributed by atoms with Crippen molar-refractivity contribution < 1.29 is 9.59 Å². The van der Waals surface area contributed by atoms with Crippen LogP contribution in [0, 0.1) is 10.8 Å². The first-order valence-electron chi connectivity index (χ1n) is 12.3. The van der Waals surface area contributed by atoms with Crippen LogP contribution >= 0.6 is 0 Å². The highest BCUT2D eigenvalue weighted by molar-refractivity contribution is 5.85. The van der Waals surface area contributed by atoms with Crippen molar-refractivity contribution in [3.8, 4) is 0 Å². The van der Waals surface area contributed by atoms with E-state index in [4.69, 9.17) is 0 Å². The van der Waals surface area contributed by atoms with Crippen LogP contribution in [0.4, 0.5) is 0 Å². The Labute approximate surface area is 182 Å². The lowest BCUT2D eigenvalue weighted by Gasteiger charge is -2.40. The highest BCUT2D eigenvalue weighted by atomic mass is 16.2. The Bertz CT molecular complexity index is 648. The van der Waals surface area contributed by atoms with E-state index in [9.17, 15) is 9.59 Å². The molecule has 6 nitrogen and oxygen atoms in total. The molecule has 4 rings (SSSR count). The summed E-state index contributed by atoms with van der Waals surface area (Å²) in [4.78, 5) is 30.3. The first-order valence-corrected chi connectivity index (χ1v) is 12.3. The van der Waals surface area contributed by atoms with Crippen LogP contribution in [0.3, 0.4) is 0 Å². The van der Waals surface area contributed by atoms with E-state index in [1.807, 2.05) is 0 Å². The average molecular weight is 419 g/mol. The van der Waals surface area contributed by atoms with Crippen molar-refractivity contribution in [3.63, 3.8) is 0 Å². The van der Waals surface area contributed by atoms with Crippen molar-refractivity contribution >= 4 is 11.8 Å². The van der Waals surface area contributed by atoms with Gasteiger partial charge >= 0.3 is 0 Å². The van der Waals surface area contributed by atoms with Gasteiger partial charge in [-0.2, -0.15) is 0 Å². The quantitative estimate of drug-likeness (QED) is 0.720. The molecule has 170 valence electrons. The van der Waals surface area contributed by atoms with Gasteiger partial charge in [0.15, 0.2) is 0 Å². The largest absolute Gasteiger partial charge is 0.353 e. The summed E-state index contributed by atoms with van der Waals surface area (Å²) >= 11 is 0. The second kappa shape index (κ2) is 8.42. The lowest BCUT2D eigenvalue weighted by atomic mass is 9.75. The third-order valence-electron chi connectivity index (χ3n) is 8.81. The van der Waals surface area contributed by atoms with Crippen LogP contribution < -0.4 is 10.6 Å². The van der Waals surface area contributed by atoms with Gasteiger partial charge in [-0.15, -0.1) is 0 Å². The fraction of sp³-hybridized carbons (Fsp3) is 0.917. The van der Waals surface area contributed by atoms with Gasteiger partial charge in [-0.05, 0) is 105 Å². The van der Waals surface area contributed by atoms with Gasteiger partial charge in [0, 0.05) is 24.2 Å². The number of nitrogens with zero attached hydrogens (tertiary/aromatic N) is 2. The number of hydrogen-bond acceptors (Lipinski definition) is 4. The maximum absolute atomic E-state index is 12.8. The standard InChI is InChI=1S/C24H42N4O2/c1-17(2)27-11-7-24(8-12-27)16-20(26-22(24)30)6-5-19(4)28-13-9-23(10-14-28)15-18(3)25-21(23)29/h17-20H,5-16H2,1-4H3,(H,25,29)(H,26,30)/t18-,19?,20+/m1/s1. The zero-order valence-corrected chi connectivity index (χ0v) is 19.5. The molecule has 2 N–H and O–H groups in total. The summed E-state index contributed by atoms with van der Waals surface area (Å²) in [5.41, 5.74) is -0.213. The highest BCUT2D eigenvalue weighted by Crippen LogP contribution is 2.43. The molecular weight excluding hydrogens is 376 g/mol. The highest BCUT2D eigenvalue weighted by Gasteiger charge is 2.49. The van der Waals surface area contributed by atoms with Gasteiger partial charge in [0.2, 0.25) is 11.8 Å². The fourth-order valence-electron chi connectivity index (χ4n) is 6.58. The van der Waals surface area contributed by atoms with Crippen molar-refractivity contribution in [2.75, 3.05) is 26.2 Å². The Morgan fingerprint density at radius 2 is 1.40 bits per heavy atom. The number of rotatable bonds is 5. The van der Waals surface area contributed by atoms with Gasteiger partial charge < -0.3 is 20.4 Å². The molecule has 0 aromatic heterocycles. The minimum absolute atomic E-state index is 0.105. The number of carbonyl (C=O) groups excluding carboxylic acids is 2. The number of carbonyl (C=O) groups is 2. The predicted molar refractivity (Wildman–Crippen MR) is 119 cm³/mol. The van der Waals surface area contributed by atoms with Gasteiger partial charge in [-0.1, -0.05) is 0 Å². The summed E-state index contributed by atoms with van der Waals surface area (Å²) in [6.07, 6.45) is 8.21. The Morgan fingerprint density at radius 1 is 0.867 bits per heavy atom. The molecule has 0 aromatic carbocycles. The zero-order chi connectivity index (χ0) is 21.5. The van der Waals surface area contributed by atoms with Crippen LogP contribution in [-0.4, -0.2) is 72.0 Å². The second-order valence-electron chi connectivity index (χ2n) is 11.1. The summed E-state index contributed by atoms with van der Waals surface area (Å²) in [6.45, 7) is 13.1. The van der Waals surface area contributed by atoms with Gasteiger partial charge in [-0.25, -0.2) is 0 Å². The first-order chi connectivity index (χ1) is 14.2. The number of hydrogen-bond donors (Lipinski definition) is 2. The summed E-state index contributed by atoms with van der Waals surface area (Å²) in [6, 6.07) is 1.75. The van der Waals surface area contributed by atoms with E-state index >= 15 is 0 Å². The molecule has 1 unspecified atom stereocenters. The minimum atomic E-state index is -0.108. The van der Waals surface area contributed by atoms with Crippen molar-refractivity contribution in [1.29, 1.82) is 0 Å². The van der Waals surface area contributed by atoms with Crippen molar-refractivity contribution in [2.24, 2.45) is 10.8 Å². The molecule has 0 bridgehead atoms. The monoisotopic (exact) mass is 418 g/mol. The van der Waals surface area contributed by atoms with Gasteiger partial charge in [0.05, 0.1) is 10.8 Å². The van der Waals surface area contributed by atoms with Crippen molar-refractivity contribution in [2.45, 2.75) is 103 Å². The van der Waals surface area contributed by atoms with E-state index in [1.165, 1.54) is 0 Å². The van der Waals surface area contributed by atoms with E-state index in [0.717, 1.165) is 77.5 Å². The average Bonchev–Trinajstić information content (AvgIpc) is 3.16. The lowest BCUT2D eigenvalue weighted by Crippen LogP contribution is -2.47. The fourth-order valence-corrected chi connectivity index (χ4v) is 6.58. The van der Waals surface area contributed by atoms with Crippen LogP contribution in [0.1, 0.15) is 79.1 Å². The Hall–Kier alpha value is -1.14. The first kappa shape index (κ1) is 22.1. The van der Waals surface area contributed by atoms with Crippen LogP contribution in [0.25, 0.3) is 0 Å². The number of piperidine rings is 2.